The third kappa shape index (κ3) is 4.89. The van der Waals surface area contributed by atoms with Crippen LogP contribution in [0.15, 0.2) is 24.3 Å². The van der Waals surface area contributed by atoms with Gasteiger partial charge in [-0.2, -0.15) is 0 Å². The van der Waals surface area contributed by atoms with Gasteiger partial charge in [-0.1, -0.05) is 25.5 Å². The number of carbonyl (C=O) groups is 2. The Bertz CT molecular complexity index is 635. The third-order valence-corrected chi connectivity index (χ3v) is 5.99. The lowest BCUT2D eigenvalue weighted by Gasteiger charge is -2.33. The highest BCUT2D eigenvalue weighted by atomic mass is 16.2. The number of hydrogen-bond donors (Lipinski definition) is 1. The fraction of sp³-hybridized carbons (Fsp3) is 0.636. The van der Waals surface area contributed by atoms with E-state index in [4.69, 9.17) is 0 Å². The number of benzene rings is 1. The normalized spacial score (nSPS) is 21.1. The number of likely N-dealkylation sites (tertiary alicyclic amines) is 1. The highest BCUT2D eigenvalue weighted by molar-refractivity contribution is 6.00. The zero-order chi connectivity index (χ0) is 19.2. The molecule has 3 rings (SSSR count). The number of anilines is 1. The summed E-state index contributed by atoms with van der Waals surface area (Å²) in [7, 11) is 1.98. The molecule has 1 N–H and O–H groups in total. The molecule has 0 radical (unpaired) electrons. The molecule has 1 aromatic rings. The summed E-state index contributed by atoms with van der Waals surface area (Å²) in [5.41, 5.74) is 2.21. The Balaban J connectivity index is 1.54. The smallest absolute Gasteiger partial charge is 0.228 e. The second-order valence-corrected chi connectivity index (χ2v) is 7.98. The molecule has 1 unspecified atom stereocenters. The first kappa shape index (κ1) is 19.9. The van der Waals surface area contributed by atoms with E-state index in [0.29, 0.717) is 18.9 Å². The predicted molar refractivity (Wildman–Crippen MR) is 109 cm³/mol. The van der Waals surface area contributed by atoms with Crippen molar-refractivity contribution in [3.8, 4) is 0 Å². The third-order valence-electron chi connectivity index (χ3n) is 5.99. The van der Waals surface area contributed by atoms with E-state index in [1.54, 1.807) is 4.90 Å². The van der Waals surface area contributed by atoms with E-state index in [0.717, 1.165) is 51.0 Å². The van der Waals surface area contributed by atoms with Gasteiger partial charge in [0.15, 0.2) is 0 Å². The number of amides is 2. The van der Waals surface area contributed by atoms with Gasteiger partial charge in [0, 0.05) is 31.7 Å². The molecule has 5 nitrogen and oxygen atoms in total. The van der Waals surface area contributed by atoms with Crippen LogP contribution in [0.25, 0.3) is 0 Å². The van der Waals surface area contributed by atoms with Gasteiger partial charge in [0.1, 0.15) is 0 Å². The fourth-order valence-corrected chi connectivity index (χ4v) is 4.30. The molecule has 148 valence electrons. The van der Waals surface area contributed by atoms with E-state index in [1.807, 2.05) is 24.1 Å². The highest BCUT2D eigenvalue weighted by Gasteiger charge is 2.38. The molecule has 0 bridgehead atoms. The Labute approximate surface area is 163 Å². The minimum absolute atomic E-state index is 0.0699. The van der Waals surface area contributed by atoms with E-state index in [-0.39, 0.29) is 17.7 Å². The summed E-state index contributed by atoms with van der Waals surface area (Å²) in [6.45, 7) is 5.40. The van der Waals surface area contributed by atoms with E-state index in [9.17, 15) is 9.59 Å². The van der Waals surface area contributed by atoms with Crippen molar-refractivity contribution in [2.45, 2.75) is 45.4 Å². The maximum absolute atomic E-state index is 12.9. The lowest BCUT2D eigenvalue weighted by atomic mass is 9.92. The molecule has 5 heteroatoms. The minimum atomic E-state index is -0.193. The van der Waals surface area contributed by atoms with Gasteiger partial charge < -0.3 is 15.1 Å². The molecule has 0 spiro atoms. The Morgan fingerprint density at radius 2 is 1.89 bits per heavy atom. The SMILES string of the molecule is CCCc1ccc(N2CC(C(=O)N3CCC(CCNC)CC3)CC2=O)cc1. The summed E-state index contributed by atoms with van der Waals surface area (Å²) >= 11 is 0. The van der Waals surface area contributed by atoms with E-state index >= 15 is 0 Å². The summed E-state index contributed by atoms with van der Waals surface area (Å²) < 4.78 is 0. The zero-order valence-corrected chi connectivity index (χ0v) is 16.7. The lowest BCUT2D eigenvalue weighted by molar-refractivity contribution is -0.137. The van der Waals surface area contributed by atoms with Gasteiger partial charge in [-0.3, -0.25) is 9.59 Å². The lowest BCUT2D eigenvalue weighted by Crippen LogP contribution is -2.42. The van der Waals surface area contributed by atoms with Crippen LogP contribution in [0, 0.1) is 11.8 Å². The second kappa shape index (κ2) is 9.36. The topological polar surface area (TPSA) is 52.7 Å². The van der Waals surface area contributed by atoms with Crippen LogP contribution in [0.4, 0.5) is 5.69 Å². The van der Waals surface area contributed by atoms with Gasteiger partial charge >= 0.3 is 0 Å². The molecule has 2 fully saturated rings. The molecule has 0 aromatic heterocycles. The highest BCUT2D eigenvalue weighted by Crippen LogP contribution is 2.28. The van der Waals surface area contributed by atoms with Crippen LogP contribution >= 0.6 is 0 Å². The first-order valence-electron chi connectivity index (χ1n) is 10.4. The minimum Gasteiger partial charge on any atom is -0.342 e. The molecule has 2 heterocycles. The Morgan fingerprint density at radius 3 is 2.52 bits per heavy atom. The average molecular weight is 372 g/mol. The van der Waals surface area contributed by atoms with Crippen LogP contribution in [0.3, 0.4) is 0 Å². The number of aryl methyl sites for hydroxylation is 1. The van der Waals surface area contributed by atoms with E-state index in [1.165, 1.54) is 12.0 Å². The molecule has 27 heavy (non-hydrogen) atoms. The van der Waals surface area contributed by atoms with Crippen molar-refractivity contribution in [3.05, 3.63) is 29.8 Å². The summed E-state index contributed by atoms with van der Waals surface area (Å²) in [6.07, 6.45) is 5.86. The molecule has 2 amide bonds. The van der Waals surface area contributed by atoms with Crippen molar-refractivity contribution in [2.24, 2.45) is 11.8 Å². The standard InChI is InChI=1S/C22H33N3O2/c1-3-4-17-5-7-20(8-6-17)25-16-19(15-21(25)26)22(27)24-13-10-18(11-14-24)9-12-23-2/h5-8,18-19,23H,3-4,9-16H2,1-2H3. The van der Waals surface area contributed by atoms with Crippen LogP contribution in [0.5, 0.6) is 0 Å². The molecular weight excluding hydrogens is 338 g/mol. The van der Waals surface area contributed by atoms with Crippen molar-refractivity contribution < 1.29 is 9.59 Å². The maximum Gasteiger partial charge on any atom is 0.228 e. The first-order chi connectivity index (χ1) is 13.1. The first-order valence-corrected chi connectivity index (χ1v) is 10.4. The summed E-state index contributed by atoms with van der Waals surface area (Å²) in [5, 5.41) is 3.21. The summed E-state index contributed by atoms with van der Waals surface area (Å²) in [6, 6.07) is 8.22. The van der Waals surface area contributed by atoms with Crippen molar-refractivity contribution in [3.63, 3.8) is 0 Å². The monoisotopic (exact) mass is 371 g/mol. The maximum atomic E-state index is 12.9. The number of piperidine rings is 1. The van der Waals surface area contributed by atoms with E-state index in [2.05, 4.69) is 24.4 Å². The molecule has 1 aromatic carbocycles. The molecule has 0 aliphatic carbocycles. The second-order valence-electron chi connectivity index (χ2n) is 7.98. The Kier molecular flexibility index (Phi) is 6.89. The Morgan fingerprint density at radius 1 is 1.19 bits per heavy atom. The van der Waals surface area contributed by atoms with Crippen molar-refractivity contribution >= 4 is 17.5 Å². The number of carbonyl (C=O) groups excluding carboxylic acids is 2. The number of hydrogen-bond acceptors (Lipinski definition) is 3. The van der Waals surface area contributed by atoms with Crippen LogP contribution in [0.1, 0.15) is 44.6 Å². The zero-order valence-electron chi connectivity index (χ0n) is 16.7. The number of rotatable bonds is 7. The van der Waals surface area contributed by atoms with Gasteiger partial charge in [0.05, 0.1) is 5.92 Å². The summed E-state index contributed by atoms with van der Waals surface area (Å²) in [4.78, 5) is 29.2. The van der Waals surface area contributed by atoms with Crippen molar-refractivity contribution in [2.75, 3.05) is 38.1 Å². The number of nitrogens with zero attached hydrogens (tertiary/aromatic N) is 2. The molecule has 1 atom stereocenters. The van der Waals surface area contributed by atoms with Gasteiger partial charge in [0.2, 0.25) is 11.8 Å². The largest absolute Gasteiger partial charge is 0.342 e. The van der Waals surface area contributed by atoms with Gasteiger partial charge in [-0.15, -0.1) is 0 Å². The fourth-order valence-electron chi connectivity index (χ4n) is 4.30. The van der Waals surface area contributed by atoms with Gasteiger partial charge in [0.25, 0.3) is 0 Å². The van der Waals surface area contributed by atoms with Gasteiger partial charge in [-0.25, -0.2) is 0 Å². The van der Waals surface area contributed by atoms with Crippen LogP contribution < -0.4 is 10.2 Å². The van der Waals surface area contributed by atoms with E-state index < -0.39 is 0 Å². The average Bonchev–Trinajstić information content (AvgIpc) is 3.09. The molecule has 2 saturated heterocycles. The van der Waals surface area contributed by atoms with Crippen molar-refractivity contribution in [1.82, 2.24) is 10.2 Å². The van der Waals surface area contributed by atoms with Crippen LogP contribution in [-0.2, 0) is 16.0 Å². The summed E-state index contributed by atoms with van der Waals surface area (Å²) in [5.74, 6) is 0.757. The van der Waals surface area contributed by atoms with Gasteiger partial charge in [-0.05, 0) is 62.9 Å². The molecule has 2 aliphatic rings. The Hall–Kier alpha value is -1.88. The molecular formula is C22H33N3O2. The number of nitrogens with one attached hydrogen (secondary N) is 1. The predicted octanol–water partition coefficient (Wildman–Crippen LogP) is 2.84. The molecule has 0 saturated carbocycles. The molecule has 2 aliphatic heterocycles. The van der Waals surface area contributed by atoms with Crippen LogP contribution in [-0.4, -0.2) is 49.9 Å². The van der Waals surface area contributed by atoms with Crippen molar-refractivity contribution in [1.29, 1.82) is 0 Å². The van der Waals surface area contributed by atoms with Crippen LogP contribution in [0.2, 0.25) is 0 Å². The quantitative estimate of drug-likeness (QED) is 0.802.